The lowest BCUT2D eigenvalue weighted by molar-refractivity contribution is -0.142. The van der Waals surface area contributed by atoms with Crippen LogP contribution >= 0.6 is 0 Å². The SMILES string of the molecule is CCOC(=O)Cc1cc(C=O)c(O)cn1. The normalized spacial score (nSPS) is 9.67. The zero-order chi connectivity index (χ0) is 11.3. The molecule has 0 radical (unpaired) electrons. The third-order valence-corrected chi connectivity index (χ3v) is 1.73. The molecule has 1 rings (SSSR count). The van der Waals surface area contributed by atoms with Gasteiger partial charge >= 0.3 is 5.97 Å². The topological polar surface area (TPSA) is 76.5 Å². The molecule has 1 aromatic rings. The molecule has 5 nitrogen and oxygen atoms in total. The summed E-state index contributed by atoms with van der Waals surface area (Å²) in [7, 11) is 0. The van der Waals surface area contributed by atoms with Crippen molar-refractivity contribution in [3.63, 3.8) is 0 Å². The molecule has 1 N–H and O–H groups in total. The van der Waals surface area contributed by atoms with Crippen molar-refractivity contribution in [1.82, 2.24) is 4.98 Å². The van der Waals surface area contributed by atoms with Gasteiger partial charge in [-0.1, -0.05) is 0 Å². The van der Waals surface area contributed by atoms with Gasteiger partial charge in [-0.2, -0.15) is 0 Å². The fourth-order valence-electron chi connectivity index (χ4n) is 1.06. The Morgan fingerprint density at radius 1 is 1.67 bits per heavy atom. The summed E-state index contributed by atoms with van der Waals surface area (Å²) in [6, 6.07) is 1.36. The van der Waals surface area contributed by atoms with Crippen LogP contribution in [-0.4, -0.2) is 29.0 Å². The molecule has 0 bridgehead atoms. The van der Waals surface area contributed by atoms with Crippen LogP contribution in [0.2, 0.25) is 0 Å². The minimum atomic E-state index is -0.410. The van der Waals surface area contributed by atoms with Crippen molar-refractivity contribution in [1.29, 1.82) is 0 Å². The van der Waals surface area contributed by atoms with Crippen molar-refractivity contribution in [2.24, 2.45) is 0 Å². The number of aldehydes is 1. The van der Waals surface area contributed by atoms with Gasteiger partial charge in [0, 0.05) is 0 Å². The van der Waals surface area contributed by atoms with Crippen LogP contribution in [0.3, 0.4) is 0 Å². The molecule has 80 valence electrons. The second kappa shape index (κ2) is 5.09. The van der Waals surface area contributed by atoms with E-state index in [0.717, 1.165) is 6.20 Å². The average Bonchev–Trinajstić information content (AvgIpc) is 2.21. The maximum absolute atomic E-state index is 11.1. The first kappa shape index (κ1) is 11.2. The summed E-state index contributed by atoms with van der Waals surface area (Å²) in [5.41, 5.74) is 0.512. The number of aromatic nitrogens is 1. The molecule has 0 atom stereocenters. The summed E-state index contributed by atoms with van der Waals surface area (Å²) in [5.74, 6) is -0.606. The summed E-state index contributed by atoms with van der Waals surface area (Å²) < 4.78 is 4.72. The Hall–Kier alpha value is -1.91. The van der Waals surface area contributed by atoms with Gasteiger partial charge < -0.3 is 9.84 Å². The molecule has 1 aromatic heterocycles. The molecule has 5 heteroatoms. The molecular weight excluding hydrogens is 198 g/mol. The number of pyridine rings is 1. The van der Waals surface area contributed by atoms with Crippen LogP contribution in [-0.2, 0) is 16.0 Å². The number of esters is 1. The quantitative estimate of drug-likeness (QED) is 0.583. The number of hydrogen-bond donors (Lipinski definition) is 1. The Labute approximate surface area is 86.7 Å². The minimum absolute atomic E-state index is 0.00500. The standard InChI is InChI=1S/C10H11NO4/c1-2-15-10(14)4-8-3-7(6-12)9(13)5-11-8/h3,5-6,13H,2,4H2,1H3. The van der Waals surface area contributed by atoms with Crippen molar-refractivity contribution in [2.45, 2.75) is 13.3 Å². The Morgan fingerprint density at radius 3 is 3.00 bits per heavy atom. The van der Waals surface area contributed by atoms with Gasteiger partial charge in [0.25, 0.3) is 0 Å². The summed E-state index contributed by atoms with van der Waals surface area (Å²) in [6.45, 7) is 2.01. The van der Waals surface area contributed by atoms with Gasteiger partial charge in [0.1, 0.15) is 5.75 Å². The third kappa shape index (κ3) is 3.05. The van der Waals surface area contributed by atoms with Gasteiger partial charge in [0.05, 0.1) is 30.5 Å². The first-order valence-corrected chi connectivity index (χ1v) is 4.46. The van der Waals surface area contributed by atoms with E-state index >= 15 is 0 Å². The number of rotatable bonds is 4. The second-order valence-electron chi connectivity index (χ2n) is 2.83. The van der Waals surface area contributed by atoms with Crippen molar-refractivity contribution < 1.29 is 19.4 Å². The summed E-state index contributed by atoms with van der Waals surface area (Å²) in [6.07, 6.45) is 1.64. The summed E-state index contributed by atoms with van der Waals surface area (Å²) >= 11 is 0. The zero-order valence-corrected chi connectivity index (χ0v) is 8.27. The Morgan fingerprint density at radius 2 is 2.40 bits per heavy atom. The molecule has 0 saturated heterocycles. The number of carbonyl (C=O) groups excluding carboxylic acids is 2. The lowest BCUT2D eigenvalue weighted by atomic mass is 10.2. The molecule has 0 aliphatic carbocycles. The highest BCUT2D eigenvalue weighted by atomic mass is 16.5. The van der Waals surface area contributed by atoms with Crippen LogP contribution in [0.1, 0.15) is 23.0 Å². The number of aromatic hydroxyl groups is 1. The maximum atomic E-state index is 11.1. The van der Waals surface area contributed by atoms with Gasteiger partial charge in [-0.3, -0.25) is 14.6 Å². The molecule has 15 heavy (non-hydrogen) atoms. The highest BCUT2D eigenvalue weighted by Crippen LogP contribution is 2.14. The van der Waals surface area contributed by atoms with Crippen LogP contribution in [0.15, 0.2) is 12.3 Å². The van der Waals surface area contributed by atoms with E-state index in [0.29, 0.717) is 18.6 Å². The number of nitrogens with zero attached hydrogens (tertiary/aromatic N) is 1. The largest absolute Gasteiger partial charge is 0.506 e. The van der Waals surface area contributed by atoms with E-state index in [9.17, 15) is 9.59 Å². The van der Waals surface area contributed by atoms with Gasteiger partial charge in [-0.25, -0.2) is 0 Å². The third-order valence-electron chi connectivity index (χ3n) is 1.73. The van der Waals surface area contributed by atoms with E-state index in [2.05, 4.69) is 4.98 Å². The van der Waals surface area contributed by atoms with Crippen LogP contribution < -0.4 is 0 Å². The minimum Gasteiger partial charge on any atom is -0.506 e. The number of carbonyl (C=O) groups is 2. The van der Waals surface area contributed by atoms with Crippen LogP contribution in [0.5, 0.6) is 5.75 Å². The number of hydrogen-bond acceptors (Lipinski definition) is 5. The zero-order valence-electron chi connectivity index (χ0n) is 8.27. The first-order chi connectivity index (χ1) is 7.17. The molecule has 0 aliphatic rings. The van der Waals surface area contributed by atoms with E-state index < -0.39 is 5.97 Å². The molecule has 0 amide bonds. The molecule has 0 aliphatic heterocycles. The molecule has 0 aromatic carbocycles. The predicted octanol–water partition coefficient (Wildman–Crippen LogP) is 0.705. The van der Waals surface area contributed by atoms with Gasteiger partial charge in [0.2, 0.25) is 0 Å². The number of ether oxygens (including phenoxy) is 1. The van der Waals surface area contributed by atoms with Crippen molar-refractivity contribution >= 4 is 12.3 Å². The maximum Gasteiger partial charge on any atom is 0.311 e. The Bertz CT molecular complexity index is 376. The van der Waals surface area contributed by atoms with E-state index in [1.807, 2.05) is 0 Å². The molecule has 0 saturated carbocycles. The fourth-order valence-corrected chi connectivity index (χ4v) is 1.06. The van der Waals surface area contributed by atoms with E-state index in [1.54, 1.807) is 6.92 Å². The molecule has 0 spiro atoms. The summed E-state index contributed by atoms with van der Waals surface area (Å²) in [4.78, 5) is 25.4. The first-order valence-electron chi connectivity index (χ1n) is 4.46. The van der Waals surface area contributed by atoms with Gasteiger partial charge in [0.15, 0.2) is 6.29 Å². The van der Waals surface area contributed by atoms with Crippen molar-refractivity contribution in [3.05, 3.63) is 23.5 Å². The smallest absolute Gasteiger partial charge is 0.311 e. The second-order valence-corrected chi connectivity index (χ2v) is 2.83. The lowest BCUT2D eigenvalue weighted by Crippen LogP contribution is -2.08. The van der Waals surface area contributed by atoms with E-state index in [4.69, 9.17) is 9.84 Å². The average molecular weight is 209 g/mol. The molecular formula is C10H11NO4. The predicted molar refractivity (Wildman–Crippen MR) is 51.6 cm³/mol. The molecule has 0 unspecified atom stereocenters. The lowest BCUT2D eigenvalue weighted by Gasteiger charge is -2.02. The Balaban J connectivity index is 2.78. The van der Waals surface area contributed by atoms with Crippen LogP contribution in [0, 0.1) is 0 Å². The highest BCUT2D eigenvalue weighted by molar-refractivity contribution is 5.80. The molecule has 0 fully saturated rings. The molecule has 1 heterocycles. The van der Waals surface area contributed by atoms with Crippen LogP contribution in [0.25, 0.3) is 0 Å². The van der Waals surface area contributed by atoms with E-state index in [-0.39, 0.29) is 17.7 Å². The van der Waals surface area contributed by atoms with Crippen molar-refractivity contribution in [2.75, 3.05) is 6.61 Å². The summed E-state index contributed by atoms with van der Waals surface area (Å²) in [5, 5.41) is 9.16. The monoisotopic (exact) mass is 209 g/mol. The fraction of sp³-hybridized carbons (Fsp3) is 0.300. The van der Waals surface area contributed by atoms with Gasteiger partial charge in [-0.05, 0) is 13.0 Å². The van der Waals surface area contributed by atoms with Crippen molar-refractivity contribution in [3.8, 4) is 5.75 Å². The van der Waals surface area contributed by atoms with E-state index in [1.165, 1.54) is 6.07 Å². The van der Waals surface area contributed by atoms with Gasteiger partial charge in [-0.15, -0.1) is 0 Å². The van der Waals surface area contributed by atoms with Crippen LogP contribution in [0.4, 0.5) is 0 Å². The highest BCUT2D eigenvalue weighted by Gasteiger charge is 2.08. The Kier molecular flexibility index (Phi) is 3.79.